The predicted molar refractivity (Wildman–Crippen MR) is 84.7 cm³/mol. The highest BCUT2D eigenvalue weighted by molar-refractivity contribution is 9.10. The van der Waals surface area contributed by atoms with Crippen LogP contribution >= 0.6 is 15.9 Å². The third kappa shape index (κ3) is 3.97. The molecule has 1 atom stereocenters. The normalized spacial score (nSPS) is 18.0. The van der Waals surface area contributed by atoms with Crippen molar-refractivity contribution in [1.29, 1.82) is 0 Å². The van der Waals surface area contributed by atoms with Crippen molar-refractivity contribution >= 4 is 27.9 Å². The molecule has 0 aliphatic carbocycles. The fraction of sp³-hybridized carbons (Fsp3) is 0.467. The second kappa shape index (κ2) is 7.09. The minimum absolute atomic E-state index is 0.0583. The number of benzene rings is 1. The van der Waals surface area contributed by atoms with Crippen LogP contribution in [0.25, 0.3) is 0 Å². The van der Waals surface area contributed by atoms with Crippen LogP contribution in [-0.4, -0.2) is 35.5 Å². The molecule has 1 aliphatic rings. The van der Waals surface area contributed by atoms with Gasteiger partial charge in [-0.25, -0.2) is 9.18 Å². The number of hydrogen-bond donors (Lipinski definition) is 2. The average Bonchev–Trinajstić information content (AvgIpc) is 2.81. The summed E-state index contributed by atoms with van der Waals surface area (Å²) in [6.45, 7) is 4.72. The topological polar surface area (TPSA) is 61.4 Å². The number of halogens is 2. The van der Waals surface area contributed by atoms with E-state index in [1.807, 2.05) is 13.8 Å². The van der Waals surface area contributed by atoms with Crippen molar-refractivity contribution in [3.05, 3.63) is 34.1 Å². The van der Waals surface area contributed by atoms with Crippen LogP contribution in [0.3, 0.4) is 0 Å². The lowest BCUT2D eigenvalue weighted by Gasteiger charge is -2.21. The molecular weight excluding hydrogens is 353 g/mol. The van der Waals surface area contributed by atoms with Gasteiger partial charge in [0.15, 0.2) is 0 Å². The molecule has 5 nitrogen and oxygen atoms in total. The summed E-state index contributed by atoms with van der Waals surface area (Å²) < 4.78 is 13.9. The summed E-state index contributed by atoms with van der Waals surface area (Å²) in [6.07, 6.45) is 0.605. The van der Waals surface area contributed by atoms with Crippen LogP contribution in [0.2, 0.25) is 0 Å². The van der Waals surface area contributed by atoms with E-state index in [1.165, 1.54) is 12.1 Å². The number of rotatable bonds is 4. The first-order valence-corrected chi connectivity index (χ1v) is 7.96. The van der Waals surface area contributed by atoms with Gasteiger partial charge < -0.3 is 15.5 Å². The minimum atomic E-state index is -0.488. The monoisotopic (exact) mass is 371 g/mol. The Bertz CT molecular complexity index is 580. The highest BCUT2D eigenvalue weighted by Crippen LogP contribution is 2.18. The summed E-state index contributed by atoms with van der Waals surface area (Å²) in [4.78, 5) is 25.7. The van der Waals surface area contributed by atoms with E-state index in [4.69, 9.17) is 0 Å². The minimum Gasteiger partial charge on any atom is -0.338 e. The van der Waals surface area contributed by atoms with E-state index >= 15 is 0 Å². The van der Waals surface area contributed by atoms with Crippen LogP contribution in [0.1, 0.15) is 25.8 Å². The molecule has 0 aromatic heterocycles. The maximum Gasteiger partial charge on any atom is 0.315 e. The van der Waals surface area contributed by atoms with Crippen LogP contribution in [0.5, 0.6) is 0 Å². The molecule has 120 valence electrons. The summed E-state index contributed by atoms with van der Waals surface area (Å²) in [6, 6.07) is 3.49. The lowest BCUT2D eigenvalue weighted by Crippen LogP contribution is -2.46. The Balaban J connectivity index is 1.86. The Labute approximate surface area is 137 Å². The van der Waals surface area contributed by atoms with Gasteiger partial charge in [-0.2, -0.15) is 0 Å². The molecule has 0 saturated carbocycles. The van der Waals surface area contributed by atoms with Gasteiger partial charge in [0.2, 0.25) is 5.91 Å². The molecule has 1 aromatic carbocycles. The SMILES string of the molecule is CC(C)N1CCC(NC(=O)NCc2cc(F)ccc2Br)C1=O. The molecule has 2 rings (SSSR count). The third-order valence-corrected chi connectivity index (χ3v) is 4.39. The molecular formula is C15H19BrFN3O2. The first-order chi connectivity index (χ1) is 10.4. The first kappa shape index (κ1) is 16.7. The Morgan fingerprint density at radius 1 is 1.50 bits per heavy atom. The van der Waals surface area contributed by atoms with Gasteiger partial charge in [-0.15, -0.1) is 0 Å². The number of hydrogen-bond acceptors (Lipinski definition) is 2. The third-order valence-electron chi connectivity index (χ3n) is 3.62. The molecule has 1 saturated heterocycles. The predicted octanol–water partition coefficient (Wildman–Crippen LogP) is 2.40. The van der Waals surface area contributed by atoms with Gasteiger partial charge in [-0.1, -0.05) is 15.9 Å². The molecule has 1 heterocycles. The zero-order valence-corrected chi connectivity index (χ0v) is 14.1. The number of amides is 3. The van der Waals surface area contributed by atoms with Crippen molar-refractivity contribution in [3.63, 3.8) is 0 Å². The highest BCUT2D eigenvalue weighted by Gasteiger charge is 2.33. The van der Waals surface area contributed by atoms with Crippen molar-refractivity contribution in [2.45, 2.75) is 38.9 Å². The molecule has 0 radical (unpaired) electrons. The van der Waals surface area contributed by atoms with Crippen molar-refractivity contribution < 1.29 is 14.0 Å². The van der Waals surface area contributed by atoms with E-state index in [0.717, 1.165) is 4.47 Å². The van der Waals surface area contributed by atoms with E-state index < -0.39 is 12.1 Å². The van der Waals surface area contributed by atoms with E-state index in [1.54, 1.807) is 11.0 Å². The van der Waals surface area contributed by atoms with Crippen LogP contribution in [0, 0.1) is 5.82 Å². The van der Waals surface area contributed by atoms with Gasteiger partial charge in [-0.3, -0.25) is 4.79 Å². The summed E-state index contributed by atoms with van der Waals surface area (Å²) in [7, 11) is 0. The Morgan fingerprint density at radius 3 is 2.86 bits per heavy atom. The Hall–Kier alpha value is -1.63. The van der Waals surface area contributed by atoms with Crippen molar-refractivity contribution in [2.75, 3.05) is 6.54 Å². The van der Waals surface area contributed by atoms with Gasteiger partial charge in [-0.05, 0) is 44.0 Å². The standard InChI is InChI=1S/C15H19BrFN3O2/c1-9(2)20-6-5-13(14(20)21)19-15(22)18-8-10-7-11(17)3-4-12(10)16/h3-4,7,9,13H,5-6,8H2,1-2H3,(H2,18,19,22). The second-order valence-electron chi connectivity index (χ2n) is 5.53. The Kier molecular flexibility index (Phi) is 5.39. The van der Waals surface area contributed by atoms with Gasteiger partial charge >= 0.3 is 6.03 Å². The second-order valence-corrected chi connectivity index (χ2v) is 6.38. The first-order valence-electron chi connectivity index (χ1n) is 7.17. The van der Waals surface area contributed by atoms with E-state index in [0.29, 0.717) is 18.5 Å². The number of nitrogens with zero attached hydrogens (tertiary/aromatic N) is 1. The number of carbonyl (C=O) groups excluding carboxylic acids is 2. The molecule has 1 aromatic rings. The number of urea groups is 1. The zero-order chi connectivity index (χ0) is 16.3. The average molecular weight is 372 g/mol. The zero-order valence-electron chi connectivity index (χ0n) is 12.5. The fourth-order valence-electron chi connectivity index (χ4n) is 2.41. The number of likely N-dealkylation sites (tertiary alicyclic amines) is 1. The van der Waals surface area contributed by atoms with Crippen molar-refractivity contribution in [1.82, 2.24) is 15.5 Å². The number of nitrogens with one attached hydrogen (secondary N) is 2. The van der Waals surface area contributed by atoms with E-state index in [9.17, 15) is 14.0 Å². The van der Waals surface area contributed by atoms with Crippen LogP contribution in [0.15, 0.2) is 22.7 Å². The molecule has 7 heteroatoms. The summed E-state index contributed by atoms with van der Waals surface area (Å²) in [5.41, 5.74) is 0.636. The van der Waals surface area contributed by atoms with Gasteiger partial charge in [0.25, 0.3) is 0 Å². The van der Waals surface area contributed by atoms with Gasteiger partial charge in [0.05, 0.1) is 0 Å². The lowest BCUT2D eigenvalue weighted by atomic mass is 10.2. The fourth-order valence-corrected chi connectivity index (χ4v) is 2.80. The molecule has 0 spiro atoms. The number of carbonyl (C=O) groups is 2. The summed E-state index contributed by atoms with van der Waals surface area (Å²) >= 11 is 3.30. The lowest BCUT2D eigenvalue weighted by molar-refractivity contribution is -0.130. The van der Waals surface area contributed by atoms with Crippen molar-refractivity contribution in [2.24, 2.45) is 0 Å². The molecule has 0 bridgehead atoms. The Morgan fingerprint density at radius 2 is 2.23 bits per heavy atom. The van der Waals surface area contributed by atoms with Gasteiger partial charge in [0, 0.05) is 23.6 Å². The smallest absolute Gasteiger partial charge is 0.315 e. The molecule has 2 N–H and O–H groups in total. The maximum absolute atomic E-state index is 13.2. The van der Waals surface area contributed by atoms with Crippen LogP contribution < -0.4 is 10.6 Å². The summed E-state index contributed by atoms with van der Waals surface area (Å²) in [5, 5.41) is 5.31. The molecule has 22 heavy (non-hydrogen) atoms. The van der Waals surface area contributed by atoms with Crippen LogP contribution in [0.4, 0.5) is 9.18 Å². The molecule has 1 aliphatic heterocycles. The molecule has 3 amide bonds. The summed E-state index contributed by atoms with van der Waals surface area (Å²) in [5.74, 6) is -0.420. The molecule has 1 fully saturated rings. The molecule has 1 unspecified atom stereocenters. The maximum atomic E-state index is 13.2. The highest BCUT2D eigenvalue weighted by atomic mass is 79.9. The van der Waals surface area contributed by atoms with E-state index in [-0.39, 0.29) is 24.3 Å². The van der Waals surface area contributed by atoms with Crippen LogP contribution in [-0.2, 0) is 11.3 Å². The largest absolute Gasteiger partial charge is 0.338 e. The van der Waals surface area contributed by atoms with Crippen molar-refractivity contribution in [3.8, 4) is 0 Å². The van der Waals surface area contributed by atoms with E-state index in [2.05, 4.69) is 26.6 Å². The quantitative estimate of drug-likeness (QED) is 0.853. The van der Waals surface area contributed by atoms with Gasteiger partial charge in [0.1, 0.15) is 11.9 Å².